The number of likely N-dealkylation sites (tertiary alicyclic amines) is 1. The van der Waals surface area contributed by atoms with Crippen molar-refractivity contribution in [3.63, 3.8) is 0 Å². The lowest BCUT2D eigenvalue weighted by Crippen LogP contribution is -2.30. The van der Waals surface area contributed by atoms with Crippen LogP contribution in [0, 0.1) is 5.92 Å². The molecule has 4 rings (SSSR count). The van der Waals surface area contributed by atoms with Gasteiger partial charge in [-0.2, -0.15) is 0 Å². The Hall–Kier alpha value is -2.79. The molecule has 1 fully saturated rings. The molecule has 1 amide bonds. The molecule has 0 bridgehead atoms. The fourth-order valence-electron chi connectivity index (χ4n) is 3.39. The van der Waals surface area contributed by atoms with Gasteiger partial charge in [0.25, 0.3) is 5.91 Å². The molecule has 1 saturated heterocycles. The Balaban J connectivity index is 1.80. The molecule has 0 radical (unpaired) electrons. The van der Waals surface area contributed by atoms with Crippen LogP contribution in [0.4, 0.5) is 0 Å². The number of benzene rings is 1. The molecule has 1 unspecified atom stereocenters. The van der Waals surface area contributed by atoms with E-state index < -0.39 is 0 Å². The zero-order valence-corrected chi connectivity index (χ0v) is 13.9. The van der Waals surface area contributed by atoms with Crippen molar-refractivity contribution in [3.8, 4) is 11.3 Å². The molecule has 1 aliphatic rings. The van der Waals surface area contributed by atoms with Gasteiger partial charge in [0.1, 0.15) is 0 Å². The molecule has 25 heavy (non-hydrogen) atoms. The van der Waals surface area contributed by atoms with Gasteiger partial charge in [-0.05, 0) is 43.1 Å². The predicted octanol–water partition coefficient (Wildman–Crippen LogP) is 2.72. The lowest BCUT2D eigenvalue weighted by atomic mass is 10.0. The number of nitrogens with two attached hydrogens (primary N) is 1. The Kier molecular flexibility index (Phi) is 4.15. The zero-order valence-electron chi connectivity index (χ0n) is 13.9. The van der Waals surface area contributed by atoms with Crippen LogP contribution < -0.4 is 5.73 Å². The SMILES string of the molecule is NCC1CCN(C(=O)c2cc(-c3cccnc3)nc3ccccc23)C1. The summed E-state index contributed by atoms with van der Waals surface area (Å²) in [6, 6.07) is 13.5. The van der Waals surface area contributed by atoms with Gasteiger partial charge in [0.2, 0.25) is 0 Å². The summed E-state index contributed by atoms with van der Waals surface area (Å²) in [5.41, 5.74) is 8.96. The molecule has 0 saturated carbocycles. The summed E-state index contributed by atoms with van der Waals surface area (Å²) < 4.78 is 0. The Morgan fingerprint density at radius 2 is 2.12 bits per heavy atom. The van der Waals surface area contributed by atoms with Crippen LogP contribution in [0.1, 0.15) is 16.8 Å². The van der Waals surface area contributed by atoms with E-state index in [0.29, 0.717) is 18.0 Å². The largest absolute Gasteiger partial charge is 0.338 e. The number of hydrogen-bond acceptors (Lipinski definition) is 4. The summed E-state index contributed by atoms with van der Waals surface area (Å²) >= 11 is 0. The molecule has 5 nitrogen and oxygen atoms in total. The molecule has 2 aromatic heterocycles. The molecule has 1 atom stereocenters. The summed E-state index contributed by atoms with van der Waals surface area (Å²) in [5, 5.41) is 0.885. The quantitative estimate of drug-likeness (QED) is 0.800. The van der Waals surface area contributed by atoms with Crippen LogP contribution in [-0.4, -0.2) is 40.4 Å². The molecule has 2 N–H and O–H groups in total. The minimum Gasteiger partial charge on any atom is -0.338 e. The van der Waals surface area contributed by atoms with Crippen molar-refractivity contribution < 1.29 is 4.79 Å². The molecule has 126 valence electrons. The molecule has 3 aromatic rings. The topological polar surface area (TPSA) is 72.1 Å². The van der Waals surface area contributed by atoms with Gasteiger partial charge in [0, 0.05) is 36.4 Å². The number of aromatic nitrogens is 2. The number of rotatable bonds is 3. The van der Waals surface area contributed by atoms with Crippen LogP contribution in [0.3, 0.4) is 0 Å². The Morgan fingerprint density at radius 1 is 1.24 bits per heavy atom. The van der Waals surface area contributed by atoms with Crippen LogP contribution in [0.5, 0.6) is 0 Å². The maximum Gasteiger partial charge on any atom is 0.254 e. The average Bonchev–Trinajstić information content (AvgIpc) is 3.16. The molecule has 0 spiro atoms. The first kappa shape index (κ1) is 15.7. The fraction of sp³-hybridized carbons (Fsp3) is 0.250. The highest BCUT2D eigenvalue weighted by molar-refractivity contribution is 6.07. The van der Waals surface area contributed by atoms with E-state index in [9.17, 15) is 4.79 Å². The normalized spacial score (nSPS) is 17.2. The highest BCUT2D eigenvalue weighted by Gasteiger charge is 2.27. The number of fused-ring (bicyclic) bond motifs is 1. The number of para-hydroxylation sites is 1. The number of amides is 1. The van der Waals surface area contributed by atoms with Gasteiger partial charge in [0.05, 0.1) is 16.8 Å². The smallest absolute Gasteiger partial charge is 0.254 e. The second kappa shape index (κ2) is 6.61. The minimum absolute atomic E-state index is 0.0553. The van der Waals surface area contributed by atoms with E-state index in [1.54, 1.807) is 12.4 Å². The molecule has 3 heterocycles. The molecule has 1 aliphatic heterocycles. The van der Waals surface area contributed by atoms with Crippen molar-refractivity contribution in [2.75, 3.05) is 19.6 Å². The number of hydrogen-bond donors (Lipinski definition) is 1. The van der Waals surface area contributed by atoms with Gasteiger partial charge in [-0.1, -0.05) is 18.2 Å². The third kappa shape index (κ3) is 2.98. The Bertz CT molecular complexity index is 910. The molecular formula is C20H20N4O. The first-order valence-corrected chi connectivity index (χ1v) is 8.56. The average molecular weight is 332 g/mol. The number of carbonyl (C=O) groups excluding carboxylic acids is 1. The maximum absolute atomic E-state index is 13.1. The summed E-state index contributed by atoms with van der Waals surface area (Å²) in [6.07, 6.45) is 4.47. The van der Waals surface area contributed by atoms with Crippen molar-refractivity contribution in [1.29, 1.82) is 0 Å². The highest BCUT2D eigenvalue weighted by atomic mass is 16.2. The zero-order chi connectivity index (χ0) is 17.2. The van der Waals surface area contributed by atoms with Crippen LogP contribution in [-0.2, 0) is 0 Å². The van der Waals surface area contributed by atoms with Crippen LogP contribution in [0.2, 0.25) is 0 Å². The van der Waals surface area contributed by atoms with E-state index in [2.05, 4.69) is 4.98 Å². The van der Waals surface area contributed by atoms with Crippen molar-refractivity contribution in [2.45, 2.75) is 6.42 Å². The Labute approximate surface area is 146 Å². The second-order valence-corrected chi connectivity index (χ2v) is 6.46. The van der Waals surface area contributed by atoms with Crippen molar-refractivity contribution in [2.24, 2.45) is 11.7 Å². The standard InChI is InChI=1S/C20H20N4O/c21-11-14-7-9-24(13-14)20(25)17-10-19(15-4-3-8-22-12-15)23-18-6-2-1-5-16(17)18/h1-6,8,10,12,14H,7,9,11,13,21H2. The molecule has 5 heteroatoms. The lowest BCUT2D eigenvalue weighted by Gasteiger charge is -2.18. The summed E-state index contributed by atoms with van der Waals surface area (Å²) in [7, 11) is 0. The molecule has 1 aromatic carbocycles. The van der Waals surface area contributed by atoms with Crippen LogP contribution in [0.15, 0.2) is 54.9 Å². The van der Waals surface area contributed by atoms with Crippen molar-refractivity contribution in [1.82, 2.24) is 14.9 Å². The van der Waals surface area contributed by atoms with E-state index in [4.69, 9.17) is 10.7 Å². The summed E-state index contributed by atoms with van der Waals surface area (Å²) in [5.74, 6) is 0.453. The third-order valence-electron chi connectivity index (χ3n) is 4.81. The summed E-state index contributed by atoms with van der Waals surface area (Å²) in [4.78, 5) is 23.9. The monoisotopic (exact) mass is 332 g/mol. The maximum atomic E-state index is 13.1. The van der Waals surface area contributed by atoms with E-state index in [0.717, 1.165) is 41.7 Å². The number of carbonyl (C=O) groups is 1. The predicted molar refractivity (Wildman–Crippen MR) is 98.0 cm³/mol. The van der Waals surface area contributed by atoms with Gasteiger partial charge in [-0.25, -0.2) is 4.98 Å². The molecule has 0 aliphatic carbocycles. The van der Waals surface area contributed by atoms with Crippen LogP contribution >= 0.6 is 0 Å². The summed E-state index contributed by atoms with van der Waals surface area (Å²) in [6.45, 7) is 2.12. The van der Waals surface area contributed by atoms with Gasteiger partial charge >= 0.3 is 0 Å². The third-order valence-corrected chi connectivity index (χ3v) is 4.81. The fourth-order valence-corrected chi connectivity index (χ4v) is 3.39. The second-order valence-electron chi connectivity index (χ2n) is 6.46. The first-order chi connectivity index (χ1) is 12.3. The van der Waals surface area contributed by atoms with E-state index in [1.165, 1.54) is 0 Å². The first-order valence-electron chi connectivity index (χ1n) is 8.56. The van der Waals surface area contributed by atoms with Crippen LogP contribution in [0.25, 0.3) is 22.2 Å². The van der Waals surface area contributed by atoms with Crippen molar-refractivity contribution >= 4 is 16.8 Å². The Morgan fingerprint density at radius 3 is 2.88 bits per heavy atom. The van der Waals surface area contributed by atoms with E-state index >= 15 is 0 Å². The van der Waals surface area contributed by atoms with Gasteiger partial charge in [0.15, 0.2) is 0 Å². The van der Waals surface area contributed by atoms with Crippen molar-refractivity contribution in [3.05, 3.63) is 60.4 Å². The van der Waals surface area contributed by atoms with Gasteiger partial charge in [-0.3, -0.25) is 9.78 Å². The van der Waals surface area contributed by atoms with E-state index in [-0.39, 0.29) is 5.91 Å². The van der Waals surface area contributed by atoms with Gasteiger partial charge in [-0.15, -0.1) is 0 Å². The lowest BCUT2D eigenvalue weighted by molar-refractivity contribution is 0.0789. The highest BCUT2D eigenvalue weighted by Crippen LogP contribution is 2.27. The van der Waals surface area contributed by atoms with E-state index in [1.807, 2.05) is 47.4 Å². The number of nitrogens with zero attached hydrogens (tertiary/aromatic N) is 3. The number of pyridine rings is 2. The van der Waals surface area contributed by atoms with Gasteiger partial charge < -0.3 is 10.6 Å². The minimum atomic E-state index is 0.0553. The molecular weight excluding hydrogens is 312 g/mol.